The van der Waals surface area contributed by atoms with E-state index in [4.69, 9.17) is 4.55 Å². The summed E-state index contributed by atoms with van der Waals surface area (Å²) in [6.45, 7) is 2.56. The standard InChI is InChI=1S/C14H15F3O7S3/c1-3-25-11-7(6(2)18)9(19)8(13(21)14(15,16)17)12(10(11)20)26-4-5-27(22,23)24/h19-20H,3-5H2,1-2H3,(H,22,23,24). The maximum Gasteiger partial charge on any atom is 0.455 e. The van der Waals surface area contributed by atoms with Gasteiger partial charge in [0.25, 0.3) is 15.9 Å². The molecule has 0 unspecified atom stereocenters. The SMILES string of the molecule is CCSc1c(O)c(SCCS(=O)(=O)O)c(C(=O)C(F)(F)F)c(O)c1C(C)=O. The molecular formula is C14H15F3O7S3. The van der Waals surface area contributed by atoms with Crippen LogP contribution in [0.5, 0.6) is 11.5 Å². The zero-order chi connectivity index (χ0) is 21.2. The van der Waals surface area contributed by atoms with Gasteiger partial charge in [0.15, 0.2) is 5.78 Å². The summed E-state index contributed by atoms with van der Waals surface area (Å²) in [5.41, 5.74) is -1.97. The zero-order valence-electron chi connectivity index (χ0n) is 14.0. The lowest BCUT2D eigenvalue weighted by Gasteiger charge is -2.19. The van der Waals surface area contributed by atoms with E-state index in [-0.39, 0.29) is 10.6 Å². The number of ketones is 2. The number of phenols is 2. The summed E-state index contributed by atoms with van der Waals surface area (Å²) in [5.74, 6) is -6.58. The third-order valence-electron chi connectivity index (χ3n) is 3.07. The van der Waals surface area contributed by atoms with Crippen molar-refractivity contribution in [1.29, 1.82) is 0 Å². The first-order valence-electron chi connectivity index (χ1n) is 7.17. The second-order valence-electron chi connectivity index (χ2n) is 5.06. The van der Waals surface area contributed by atoms with Gasteiger partial charge in [-0.15, -0.1) is 23.5 Å². The summed E-state index contributed by atoms with van der Waals surface area (Å²) in [4.78, 5) is 22.6. The van der Waals surface area contributed by atoms with E-state index in [1.165, 1.54) is 0 Å². The van der Waals surface area contributed by atoms with Gasteiger partial charge >= 0.3 is 6.18 Å². The molecular weight excluding hydrogens is 433 g/mol. The molecule has 0 bridgehead atoms. The highest BCUT2D eigenvalue weighted by molar-refractivity contribution is 8.01. The van der Waals surface area contributed by atoms with Crippen LogP contribution in [-0.4, -0.2) is 58.2 Å². The Morgan fingerprint density at radius 2 is 1.56 bits per heavy atom. The normalized spacial score (nSPS) is 12.2. The first-order chi connectivity index (χ1) is 12.2. The summed E-state index contributed by atoms with van der Waals surface area (Å²) >= 11 is 1.17. The van der Waals surface area contributed by atoms with Gasteiger partial charge in [-0.1, -0.05) is 6.92 Å². The number of carbonyl (C=O) groups excluding carboxylic acids is 2. The summed E-state index contributed by atoms with van der Waals surface area (Å²) in [5, 5.41) is 20.6. The Balaban J connectivity index is 3.74. The maximum absolute atomic E-state index is 12.9. The van der Waals surface area contributed by atoms with Gasteiger partial charge in [0, 0.05) is 5.75 Å². The summed E-state index contributed by atoms with van der Waals surface area (Å²) in [7, 11) is -4.45. The van der Waals surface area contributed by atoms with E-state index >= 15 is 0 Å². The number of carbonyl (C=O) groups is 2. The molecule has 0 aromatic heterocycles. The van der Waals surface area contributed by atoms with Gasteiger partial charge in [0.1, 0.15) is 11.5 Å². The van der Waals surface area contributed by atoms with Crippen molar-refractivity contribution in [2.24, 2.45) is 0 Å². The van der Waals surface area contributed by atoms with E-state index in [2.05, 4.69) is 0 Å². The summed E-state index contributed by atoms with van der Waals surface area (Å²) in [6.07, 6.45) is -5.42. The molecule has 0 aliphatic heterocycles. The number of alkyl halides is 3. The molecule has 7 nitrogen and oxygen atoms in total. The predicted octanol–water partition coefficient (Wildman–Crippen LogP) is 3.14. The molecule has 0 aliphatic carbocycles. The lowest BCUT2D eigenvalue weighted by atomic mass is 10.0. The van der Waals surface area contributed by atoms with Crippen LogP contribution in [0.4, 0.5) is 13.2 Å². The van der Waals surface area contributed by atoms with Gasteiger partial charge in [-0.05, 0) is 12.7 Å². The molecule has 0 spiro atoms. The van der Waals surface area contributed by atoms with Gasteiger partial charge in [-0.2, -0.15) is 21.6 Å². The zero-order valence-corrected chi connectivity index (χ0v) is 16.4. The van der Waals surface area contributed by atoms with Crippen LogP contribution in [0.1, 0.15) is 34.6 Å². The van der Waals surface area contributed by atoms with Crippen molar-refractivity contribution >= 4 is 45.2 Å². The average Bonchev–Trinajstić information content (AvgIpc) is 2.49. The fraction of sp³-hybridized carbons (Fsp3) is 0.429. The number of Topliss-reactive ketones (excluding diaryl/α,β-unsaturated/α-hetero) is 2. The maximum atomic E-state index is 12.9. The average molecular weight is 448 g/mol. The van der Waals surface area contributed by atoms with Gasteiger partial charge in [-0.25, -0.2) is 0 Å². The van der Waals surface area contributed by atoms with Crippen molar-refractivity contribution in [1.82, 2.24) is 0 Å². The molecule has 0 radical (unpaired) electrons. The van der Waals surface area contributed by atoms with E-state index in [1.807, 2.05) is 0 Å². The minimum Gasteiger partial charge on any atom is -0.506 e. The number of benzene rings is 1. The predicted molar refractivity (Wildman–Crippen MR) is 93.7 cm³/mol. The van der Waals surface area contributed by atoms with Crippen LogP contribution in [0.3, 0.4) is 0 Å². The van der Waals surface area contributed by atoms with Crippen LogP contribution in [0, 0.1) is 0 Å². The van der Waals surface area contributed by atoms with E-state index in [9.17, 15) is 41.4 Å². The molecule has 27 heavy (non-hydrogen) atoms. The molecule has 0 aliphatic rings. The van der Waals surface area contributed by atoms with Crippen LogP contribution in [0.15, 0.2) is 9.79 Å². The van der Waals surface area contributed by atoms with E-state index < -0.39 is 66.9 Å². The monoisotopic (exact) mass is 448 g/mol. The van der Waals surface area contributed by atoms with Gasteiger partial charge in [-0.3, -0.25) is 14.1 Å². The Bertz CT molecular complexity index is 864. The lowest BCUT2D eigenvalue weighted by Crippen LogP contribution is -2.24. The second kappa shape index (κ2) is 8.71. The van der Waals surface area contributed by atoms with Gasteiger partial charge in [0.05, 0.1) is 26.7 Å². The molecule has 13 heteroatoms. The number of hydrogen-bond donors (Lipinski definition) is 3. The van der Waals surface area contributed by atoms with Crippen molar-refractivity contribution < 1.29 is 45.9 Å². The minimum absolute atomic E-state index is 0.226. The van der Waals surface area contributed by atoms with Crippen molar-refractivity contribution in [3.8, 4) is 11.5 Å². The molecule has 0 amide bonds. The smallest absolute Gasteiger partial charge is 0.455 e. The molecule has 0 atom stereocenters. The van der Waals surface area contributed by atoms with Crippen molar-refractivity contribution in [3.63, 3.8) is 0 Å². The lowest BCUT2D eigenvalue weighted by molar-refractivity contribution is -0.0888. The molecule has 1 rings (SSSR count). The largest absolute Gasteiger partial charge is 0.506 e. The molecule has 152 valence electrons. The minimum atomic E-state index is -5.42. The van der Waals surface area contributed by atoms with Crippen molar-refractivity contribution in [3.05, 3.63) is 11.1 Å². The Kier molecular flexibility index (Phi) is 7.61. The van der Waals surface area contributed by atoms with Crippen LogP contribution in [-0.2, 0) is 10.1 Å². The Labute approximate surface area is 161 Å². The fourth-order valence-corrected chi connectivity index (χ4v) is 4.96. The highest BCUT2D eigenvalue weighted by Gasteiger charge is 2.44. The number of thioether (sulfide) groups is 2. The second-order valence-corrected chi connectivity index (χ2v) is 9.01. The Hall–Kier alpha value is -1.44. The number of aromatic hydroxyl groups is 2. The summed E-state index contributed by atoms with van der Waals surface area (Å²) in [6, 6.07) is 0. The third-order valence-corrected chi connectivity index (χ3v) is 6.12. The first kappa shape index (κ1) is 23.6. The number of phenolic OH excluding ortho intramolecular Hbond substituents is 2. The van der Waals surface area contributed by atoms with Crippen molar-refractivity contribution in [2.75, 3.05) is 17.3 Å². The molecule has 1 aromatic carbocycles. The topological polar surface area (TPSA) is 129 Å². The van der Waals surface area contributed by atoms with Crippen LogP contribution in [0.2, 0.25) is 0 Å². The van der Waals surface area contributed by atoms with E-state index in [1.54, 1.807) is 6.92 Å². The Morgan fingerprint density at radius 1 is 1.04 bits per heavy atom. The van der Waals surface area contributed by atoms with E-state index in [0.29, 0.717) is 11.8 Å². The van der Waals surface area contributed by atoms with Crippen LogP contribution < -0.4 is 0 Å². The Morgan fingerprint density at radius 3 is 1.96 bits per heavy atom. The number of hydrogen-bond acceptors (Lipinski definition) is 8. The molecule has 0 heterocycles. The van der Waals surface area contributed by atoms with Crippen LogP contribution in [0.25, 0.3) is 0 Å². The highest BCUT2D eigenvalue weighted by atomic mass is 32.2. The molecule has 3 N–H and O–H groups in total. The third kappa shape index (κ3) is 5.77. The van der Waals surface area contributed by atoms with Gasteiger partial charge in [0.2, 0.25) is 0 Å². The molecule has 0 saturated carbocycles. The molecule has 0 fully saturated rings. The quantitative estimate of drug-likeness (QED) is 0.238. The van der Waals surface area contributed by atoms with Gasteiger partial charge < -0.3 is 10.2 Å². The molecule has 0 saturated heterocycles. The van der Waals surface area contributed by atoms with E-state index in [0.717, 1.165) is 18.7 Å². The number of rotatable bonds is 8. The summed E-state index contributed by atoms with van der Waals surface area (Å²) < 4.78 is 69.2. The first-order valence-corrected chi connectivity index (χ1v) is 10.8. The van der Waals surface area contributed by atoms with Crippen LogP contribution >= 0.6 is 23.5 Å². The highest BCUT2D eigenvalue weighted by Crippen LogP contribution is 2.48. The fourth-order valence-electron chi connectivity index (χ4n) is 2.03. The molecule has 1 aromatic rings. The van der Waals surface area contributed by atoms with Crippen molar-refractivity contribution in [2.45, 2.75) is 29.8 Å². The number of halogens is 3.